The van der Waals surface area contributed by atoms with Gasteiger partial charge in [-0.3, -0.25) is 4.68 Å². The van der Waals surface area contributed by atoms with Gasteiger partial charge in [0.05, 0.1) is 25.2 Å². The fourth-order valence-corrected chi connectivity index (χ4v) is 1.04. The van der Waals surface area contributed by atoms with Crippen LogP contribution in [0.2, 0.25) is 0 Å². The molecule has 0 fully saturated rings. The molecule has 70 valence electrons. The molecule has 0 N–H and O–H groups in total. The lowest BCUT2D eigenvalue weighted by molar-refractivity contribution is 0.584. The van der Waals surface area contributed by atoms with Gasteiger partial charge in [0.1, 0.15) is 0 Å². The van der Waals surface area contributed by atoms with Crippen LogP contribution >= 0.6 is 0 Å². The topological polar surface area (TPSA) is 41.6 Å². The summed E-state index contributed by atoms with van der Waals surface area (Å²) in [6.07, 6.45) is 4.40. The van der Waals surface area contributed by atoms with E-state index in [1.807, 2.05) is 17.1 Å². The van der Waals surface area contributed by atoms with E-state index in [4.69, 9.17) is 5.26 Å². The fraction of sp³-hybridized carbons (Fsp3) is 0.600. The average molecular weight is 177 g/mol. The molecule has 0 saturated carbocycles. The summed E-state index contributed by atoms with van der Waals surface area (Å²) in [5, 5.41) is 12.6. The lowest BCUT2D eigenvalue weighted by atomic mass is 9.90. The molecule has 3 nitrogen and oxygen atoms in total. The Bertz CT molecular complexity index is 312. The SMILES string of the molecule is CC(C)(C)c1cnn(CCC#N)c1. The third kappa shape index (κ3) is 2.59. The summed E-state index contributed by atoms with van der Waals surface area (Å²) in [4.78, 5) is 0. The standard InChI is InChI=1S/C10H15N3/c1-10(2,3)9-7-12-13(8-9)6-4-5-11/h7-8H,4,6H2,1-3H3. The summed E-state index contributed by atoms with van der Waals surface area (Å²) >= 11 is 0. The number of rotatable bonds is 2. The van der Waals surface area contributed by atoms with Crippen LogP contribution in [0.3, 0.4) is 0 Å². The number of nitrogens with zero attached hydrogens (tertiary/aromatic N) is 3. The second-order valence-electron chi connectivity index (χ2n) is 4.15. The van der Waals surface area contributed by atoms with Crippen molar-refractivity contribution in [1.29, 1.82) is 5.26 Å². The molecule has 1 aromatic heterocycles. The first-order chi connectivity index (χ1) is 6.04. The second-order valence-corrected chi connectivity index (χ2v) is 4.15. The van der Waals surface area contributed by atoms with Gasteiger partial charge in [0.2, 0.25) is 0 Å². The molecule has 0 unspecified atom stereocenters. The van der Waals surface area contributed by atoms with Gasteiger partial charge in [-0.2, -0.15) is 10.4 Å². The quantitative estimate of drug-likeness (QED) is 0.694. The highest BCUT2D eigenvalue weighted by Gasteiger charge is 2.15. The summed E-state index contributed by atoms with van der Waals surface area (Å²) in [6, 6.07) is 2.10. The highest BCUT2D eigenvalue weighted by Crippen LogP contribution is 2.20. The van der Waals surface area contributed by atoms with Crippen LogP contribution in [0.15, 0.2) is 12.4 Å². The first-order valence-corrected chi connectivity index (χ1v) is 4.44. The van der Waals surface area contributed by atoms with Gasteiger partial charge in [0.25, 0.3) is 0 Å². The normalized spacial score (nSPS) is 11.2. The van der Waals surface area contributed by atoms with Crippen molar-refractivity contribution in [2.45, 2.75) is 39.2 Å². The molecular formula is C10H15N3. The third-order valence-electron chi connectivity index (χ3n) is 1.95. The molecule has 3 heteroatoms. The van der Waals surface area contributed by atoms with Crippen LogP contribution < -0.4 is 0 Å². The highest BCUT2D eigenvalue weighted by molar-refractivity contribution is 5.14. The highest BCUT2D eigenvalue weighted by atomic mass is 15.3. The zero-order valence-corrected chi connectivity index (χ0v) is 8.41. The largest absolute Gasteiger partial charge is 0.271 e. The van der Waals surface area contributed by atoms with Gasteiger partial charge in [-0.1, -0.05) is 20.8 Å². The van der Waals surface area contributed by atoms with E-state index in [2.05, 4.69) is 31.9 Å². The predicted octanol–water partition coefficient (Wildman–Crippen LogP) is 2.09. The minimum atomic E-state index is 0.144. The maximum absolute atomic E-state index is 8.40. The number of hydrogen-bond acceptors (Lipinski definition) is 2. The average Bonchev–Trinajstić information content (AvgIpc) is 2.47. The zero-order chi connectivity index (χ0) is 9.90. The summed E-state index contributed by atoms with van der Waals surface area (Å²) < 4.78 is 1.82. The van der Waals surface area contributed by atoms with Gasteiger partial charge in [-0.25, -0.2) is 0 Å². The van der Waals surface area contributed by atoms with Crippen molar-refractivity contribution in [2.24, 2.45) is 0 Å². The first kappa shape index (κ1) is 9.79. The van der Waals surface area contributed by atoms with Crippen molar-refractivity contribution in [3.63, 3.8) is 0 Å². The van der Waals surface area contributed by atoms with Crippen LogP contribution in [0, 0.1) is 11.3 Å². The van der Waals surface area contributed by atoms with Gasteiger partial charge < -0.3 is 0 Å². The van der Waals surface area contributed by atoms with Gasteiger partial charge in [0.15, 0.2) is 0 Å². The van der Waals surface area contributed by atoms with Gasteiger partial charge in [-0.05, 0) is 11.0 Å². The summed E-state index contributed by atoms with van der Waals surface area (Å²) in [6.45, 7) is 7.14. The van der Waals surface area contributed by atoms with E-state index >= 15 is 0 Å². The maximum atomic E-state index is 8.40. The van der Waals surface area contributed by atoms with Gasteiger partial charge in [0, 0.05) is 6.20 Å². The number of aryl methyl sites for hydroxylation is 1. The van der Waals surface area contributed by atoms with Crippen LogP contribution in [0.5, 0.6) is 0 Å². The summed E-state index contributed by atoms with van der Waals surface area (Å²) in [5.74, 6) is 0. The van der Waals surface area contributed by atoms with Crippen molar-refractivity contribution in [3.05, 3.63) is 18.0 Å². The molecule has 0 aliphatic heterocycles. The molecule has 0 radical (unpaired) electrons. The molecule has 1 heterocycles. The first-order valence-electron chi connectivity index (χ1n) is 4.44. The molecule has 13 heavy (non-hydrogen) atoms. The third-order valence-corrected chi connectivity index (χ3v) is 1.95. The molecule has 1 aromatic rings. The molecule has 0 bridgehead atoms. The lowest BCUT2D eigenvalue weighted by Crippen LogP contribution is -2.09. The number of aromatic nitrogens is 2. The van der Waals surface area contributed by atoms with Crippen molar-refractivity contribution < 1.29 is 0 Å². The molecule has 0 amide bonds. The van der Waals surface area contributed by atoms with Crippen LogP contribution in [0.4, 0.5) is 0 Å². The lowest BCUT2D eigenvalue weighted by Gasteiger charge is -2.14. The molecular weight excluding hydrogens is 162 g/mol. The molecule has 0 spiro atoms. The van der Waals surface area contributed by atoms with Crippen molar-refractivity contribution in [1.82, 2.24) is 9.78 Å². The molecule has 0 atom stereocenters. The van der Waals surface area contributed by atoms with E-state index in [-0.39, 0.29) is 5.41 Å². The second kappa shape index (κ2) is 3.61. The molecule has 0 aliphatic carbocycles. The minimum absolute atomic E-state index is 0.144. The Morgan fingerprint density at radius 2 is 2.23 bits per heavy atom. The maximum Gasteiger partial charge on any atom is 0.0641 e. The summed E-state index contributed by atoms with van der Waals surface area (Å²) in [5.41, 5.74) is 1.36. The van der Waals surface area contributed by atoms with Crippen LogP contribution in [-0.2, 0) is 12.0 Å². The van der Waals surface area contributed by atoms with E-state index in [0.29, 0.717) is 13.0 Å². The van der Waals surface area contributed by atoms with Crippen LogP contribution in [0.1, 0.15) is 32.8 Å². The van der Waals surface area contributed by atoms with Gasteiger partial charge in [-0.15, -0.1) is 0 Å². The Labute approximate surface area is 79.0 Å². The van der Waals surface area contributed by atoms with Gasteiger partial charge >= 0.3 is 0 Å². The minimum Gasteiger partial charge on any atom is -0.271 e. The Balaban J connectivity index is 2.71. The Morgan fingerprint density at radius 1 is 1.54 bits per heavy atom. The van der Waals surface area contributed by atoms with Crippen molar-refractivity contribution in [3.8, 4) is 6.07 Å². The number of hydrogen-bond donors (Lipinski definition) is 0. The van der Waals surface area contributed by atoms with Crippen molar-refractivity contribution >= 4 is 0 Å². The van der Waals surface area contributed by atoms with Crippen LogP contribution in [-0.4, -0.2) is 9.78 Å². The molecule has 1 rings (SSSR count). The predicted molar refractivity (Wildman–Crippen MR) is 51.2 cm³/mol. The summed E-state index contributed by atoms with van der Waals surface area (Å²) in [7, 11) is 0. The smallest absolute Gasteiger partial charge is 0.0641 e. The van der Waals surface area contributed by atoms with Crippen LogP contribution in [0.25, 0.3) is 0 Å². The van der Waals surface area contributed by atoms with E-state index < -0.39 is 0 Å². The Hall–Kier alpha value is -1.30. The molecule has 0 saturated heterocycles. The zero-order valence-electron chi connectivity index (χ0n) is 8.41. The van der Waals surface area contributed by atoms with E-state index in [1.165, 1.54) is 5.56 Å². The fourth-order valence-electron chi connectivity index (χ4n) is 1.04. The Kier molecular flexibility index (Phi) is 2.72. The van der Waals surface area contributed by atoms with E-state index in [9.17, 15) is 0 Å². The number of nitriles is 1. The van der Waals surface area contributed by atoms with E-state index in [1.54, 1.807) is 0 Å². The molecule has 0 aliphatic rings. The monoisotopic (exact) mass is 177 g/mol. The van der Waals surface area contributed by atoms with E-state index in [0.717, 1.165) is 0 Å². The van der Waals surface area contributed by atoms with Crippen molar-refractivity contribution in [2.75, 3.05) is 0 Å². The molecule has 0 aromatic carbocycles. The Morgan fingerprint density at radius 3 is 2.69 bits per heavy atom.